The maximum Gasteiger partial charge on any atom is 0.407 e. The Bertz CT molecular complexity index is 405. The van der Waals surface area contributed by atoms with Crippen LogP contribution in [0.3, 0.4) is 0 Å². The summed E-state index contributed by atoms with van der Waals surface area (Å²) in [7, 11) is 0. The number of carbonyl (C=O) groups excluding carboxylic acids is 1. The second kappa shape index (κ2) is 7.93. The Morgan fingerprint density at radius 1 is 1.20 bits per heavy atom. The summed E-state index contributed by atoms with van der Waals surface area (Å²) in [5.41, 5.74) is 1.02. The molecular weight excluding hydrogens is 250 g/mol. The fourth-order valence-electron chi connectivity index (χ4n) is 2.98. The van der Waals surface area contributed by atoms with Gasteiger partial charge < -0.3 is 10.1 Å². The predicted octanol–water partition coefficient (Wildman–Crippen LogP) is 4.27. The molecule has 1 aliphatic carbocycles. The molecule has 110 valence electrons. The van der Waals surface area contributed by atoms with E-state index in [0.29, 0.717) is 12.5 Å². The van der Waals surface area contributed by atoms with E-state index < -0.39 is 0 Å². The minimum atomic E-state index is -0.279. The summed E-state index contributed by atoms with van der Waals surface area (Å²) in [5, 5.41) is 3.07. The normalized spacial score (nSPS) is 22.9. The van der Waals surface area contributed by atoms with Gasteiger partial charge in [0.25, 0.3) is 0 Å². The van der Waals surface area contributed by atoms with Crippen molar-refractivity contribution in [3.8, 4) is 0 Å². The third kappa shape index (κ3) is 4.55. The molecule has 3 heteroatoms. The molecule has 1 aromatic rings. The number of ether oxygens (including phenoxy) is 1. The van der Waals surface area contributed by atoms with Crippen molar-refractivity contribution in [2.24, 2.45) is 5.92 Å². The first-order valence-electron chi connectivity index (χ1n) is 7.77. The van der Waals surface area contributed by atoms with Crippen LogP contribution >= 0.6 is 0 Å². The molecule has 0 saturated heterocycles. The molecule has 1 N–H and O–H groups in total. The lowest BCUT2D eigenvalue weighted by atomic mass is 9.92. The van der Waals surface area contributed by atoms with Crippen LogP contribution < -0.4 is 5.32 Å². The fraction of sp³-hybridized carbons (Fsp3) is 0.588. The van der Waals surface area contributed by atoms with Crippen molar-refractivity contribution in [2.45, 2.75) is 58.1 Å². The Morgan fingerprint density at radius 2 is 1.95 bits per heavy atom. The monoisotopic (exact) mass is 275 g/mol. The lowest BCUT2D eigenvalue weighted by Crippen LogP contribution is -2.39. The number of rotatable bonds is 4. The summed E-state index contributed by atoms with van der Waals surface area (Å²) in [5.74, 6) is 0.599. The molecule has 0 radical (unpaired) electrons. The third-order valence-corrected chi connectivity index (χ3v) is 4.20. The highest BCUT2D eigenvalue weighted by atomic mass is 16.5. The predicted molar refractivity (Wildman–Crippen MR) is 80.4 cm³/mol. The topological polar surface area (TPSA) is 38.3 Å². The van der Waals surface area contributed by atoms with Crippen LogP contribution in [0.2, 0.25) is 0 Å². The quantitative estimate of drug-likeness (QED) is 0.833. The highest BCUT2D eigenvalue weighted by molar-refractivity contribution is 5.67. The summed E-state index contributed by atoms with van der Waals surface area (Å²) in [4.78, 5) is 11.9. The average Bonchev–Trinajstić information content (AvgIpc) is 2.71. The van der Waals surface area contributed by atoms with E-state index in [1.807, 2.05) is 30.3 Å². The van der Waals surface area contributed by atoms with E-state index in [0.717, 1.165) is 18.4 Å². The number of benzene rings is 1. The van der Waals surface area contributed by atoms with Crippen molar-refractivity contribution < 1.29 is 9.53 Å². The van der Waals surface area contributed by atoms with Gasteiger partial charge in [-0.25, -0.2) is 4.79 Å². The molecule has 2 rings (SSSR count). The molecule has 3 nitrogen and oxygen atoms in total. The lowest BCUT2D eigenvalue weighted by Gasteiger charge is -2.24. The Labute approximate surface area is 121 Å². The molecule has 1 aliphatic rings. The Hall–Kier alpha value is -1.51. The summed E-state index contributed by atoms with van der Waals surface area (Å²) in [6, 6.07) is 10.1. The minimum Gasteiger partial charge on any atom is -0.445 e. The van der Waals surface area contributed by atoms with Gasteiger partial charge in [0.1, 0.15) is 6.61 Å². The van der Waals surface area contributed by atoms with E-state index in [1.54, 1.807) is 0 Å². The molecular formula is C17H25NO2. The van der Waals surface area contributed by atoms with E-state index in [9.17, 15) is 4.79 Å². The van der Waals surface area contributed by atoms with Gasteiger partial charge in [-0.15, -0.1) is 0 Å². The molecule has 0 spiro atoms. The van der Waals surface area contributed by atoms with Crippen molar-refractivity contribution in [3.63, 3.8) is 0 Å². The van der Waals surface area contributed by atoms with Crippen LogP contribution in [0.25, 0.3) is 0 Å². The highest BCUT2D eigenvalue weighted by Crippen LogP contribution is 2.25. The molecule has 1 saturated carbocycles. The highest BCUT2D eigenvalue weighted by Gasteiger charge is 2.24. The average molecular weight is 275 g/mol. The minimum absolute atomic E-state index is 0.279. The lowest BCUT2D eigenvalue weighted by molar-refractivity contribution is 0.130. The van der Waals surface area contributed by atoms with Gasteiger partial charge in [0.15, 0.2) is 0 Å². The van der Waals surface area contributed by atoms with Crippen molar-refractivity contribution in [2.75, 3.05) is 0 Å². The van der Waals surface area contributed by atoms with Crippen LogP contribution in [0.4, 0.5) is 4.79 Å². The molecule has 0 bridgehead atoms. The largest absolute Gasteiger partial charge is 0.445 e. The number of hydrogen-bond donors (Lipinski definition) is 1. The maximum absolute atomic E-state index is 11.9. The van der Waals surface area contributed by atoms with Crippen molar-refractivity contribution in [3.05, 3.63) is 35.9 Å². The Morgan fingerprint density at radius 3 is 2.70 bits per heavy atom. The van der Waals surface area contributed by atoms with Crippen LogP contribution in [-0.4, -0.2) is 12.1 Å². The first kappa shape index (κ1) is 14.9. The number of carbonyl (C=O) groups is 1. The molecule has 1 fully saturated rings. The molecule has 0 heterocycles. The van der Waals surface area contributed by atoms with Gasteiger partial charge in [-0.1, -0.05) is 62.9 Å². The van der Waals surface area contributed by atoms with E-state index in [1.165, 1.54) is 25.7 Å². The van der Waals surface area contributed by atoms with Crippen molar-refractivity contribution in [1.82, 2.24) is 5.32 Å². The second-order valence-electron chi connectivity index (χ2n) is 5.62. The zero-order chi connectivity index (χ0) is 14.2. The standard InChI is InChI=1S/C17H25NO2/c1-2-15-11-7-4-8-12-16(15)18-17(19)20-13-14-9-5-3-6-10-14/h3,5-6,9-10,15-16H,2,4,7-8,11-13H2,1H3,(H,18,19)/t15-,16?/m1/s1. The number of amides is 1. The number of hydrogen-bond acceptors (Lipinski definition) is 2. The van der Waals surface area contributed by atoms with E-state index >= 15 is 0 Å². The first-order chi connectivity index (χ1) is 9.79. The smallest absolute Gasteiger partial charge is 0.407 e. The Balaban J connectivity index is 1.80. The van der Waals surface area contributed by atoms with Gasteiger partial charge in [0.05, 0.1) is 0 Å². The summed E-state index contributed by atoms with van der Waals surface area (Å²) < 4.78 is 5.31. The molecule has 0 aromatic heterocycles. The van der Waals surface area contributed by atoms with E-state index in [4.69, 9.17) is 4.74 Å². The molecule has 1 unspecified atom stereocenters. The Kier molecular flexibility index (Phi) is 5.90. The van der Waals surface area contributed by atoms with Gasteiger partial charge in [0.2, 0.25) is 0 Å². The van der Waals surface area contributed by atoms with Gasteiger partial charge >= 0.3 is 6.09 Å². The van der Waals surface area contributed by atoms with Gasteiger partial charge in [-0.3, -0.25) is 0 Å². The first-order valence-corrected chi connectivity index (χ1v) is 7.77. The van der Waals surface area contributed by atoms with Gasteiger partial charge in [-0.2, -0.15) is 0 Å². The molecule has 2 atom stereocenters. The third-order valence-electron chi connectivity index (χ3n) is 4.20. The SMILES string of the molecule is CC[C@@H]1CCCCCC1NC(=O)OCc1ccccc1. The molecule has 1 amide bonds. The zero-order valence-corrected chi connectivity index (χ0v) is 12.3. The number of alkyl carbamates (subject to hydrolysis) is 1. The van der Waals surface area contributed by atoms with Crippen molar-refractivity contribution in [1.29, 1.82) is 0 Å². The summed E-state index contributed by atoms with van der Waals surface area (Å²) >= 11 is 0. The fourth-order valence-corrected chi connectivity index (χ4v) is 2.98. The van der Waals surface area contributed by atoms with Crippen LogP contribution in [0.15, 0.2) is 30.3 Å². The second-order valence-corrected chi connectivity index (χ2v) is 5.62. The summed E-state index contributed by atoms with van der Waals surface area (Å²) in [6.07, 6.45) is 6.94. The maximum atomic E-state index is 11.9. The molecule has 20 heavy (non-hydrogen) atoms. The van der Waals surface area contributed by atoms with Gasteiger partial charge in [0, 0.05) is 6.04 Å². The van der Waals surface area contributed by atoms with E-state index in [-0.39, 0.29) is 12.1 Å². The van der Waals surface area contributed by atoms with Crippen LogP contribution in [0.1, 0.15) is 51.0 Å². The zero-order valence-electron chi connectivity index (χ0n) is 12.3. The van der Waals surface area contributed by atoms with Gasteiger partial charge in [-0.05, 0) is 24.3 Å². The van der Waals surface area contributed by atoms with E-state index in [2.05, 4.69) is 12.2 Å². The summed E-state index contributed by atoms with van der Waals surface area (Å²) in [6.45, 7) is 2.55. The van der Waals surface area contributed by atoms with Crippen molar-refractivity contribution >= 4 is 6.09 Å². The molecule has 0 aliphatic heterocycles. The van der Waals surface area contributed by atoms with Crippen LogP contribution in [0.5, 0.6) is 0 Å². The van der Waals surface area contributed by atoms with Crippen LogP contribution in [-0.2, 0) is 11.3 Å². The molecule has 1 aromatic carbocycles. The van der Waals surface area contributed by atoms with Crippen LogP contribution in [0, 0.1) is 5.92 Å². The number of nitrogens with one attached hydrogen (secondary N) is 1.